The number of non-ortho nitro benzene ring substituents is 1. The Kier molecular flexibility index (Phi) is 6.41. The first-order valence-corrected chi connectivity index (χ1v) is 8.25. The van der Waals surface area contributed by atoms with E-state index in [9.17, 15) is 25.0 Å². The lowest BCUT2D eigenvalue weighted by molar-refractivity contribution is -0.384. The highest BCUT2D eigenvalue weighted by Crippen LogP contribution is 2.27. The van der Waals surface area contributed by atoms with Gasteiger partial charge in [0.2, 0.25) is 0 Å². The monoisotopic (exact) mass is 429 g/mol. The van der Waals surface area contributed by atoms with Crippen molar-refractivity contribution in [1.29, 1.82) is 5.26 Å². The van der Waals surface area contributed by atoms with Crippen LogP contribution >= 0.6 is 15.9 Å². The van der Waals surface area contributed by atoms with E-state index < -0.39 is 16.8 Å². The van der Waals surface area contributed by atoms with Crippen molar-refractivity contribution in [3.05, 3.63) is 68.2 Å². The Hall–Kier alpha value is -3.51. The number of ether oxygens (including phenoxy) is 1. The number of benzene rings is 2. The van der Waals surface area contributed by atoms with Gasteiger partial charge in [-0.1, -0.05) is 12.1 Å². The van der Waals surface area contributed by atoms with Gasteiger partial charge in [-0.3, -0.25) is 19.7 Å². The highest BCUT2D eigenvalue weighted by Gasteiger charge is 2.14. The molecule has 0 spiro atoms. The number of carbonyl (C=O) groups is 2. The summed E-state index contributed by atoms with van der Waals surface area (Å²) in [6, 6.07) is 11.9. The molecule has 0 aromatic heterocycles. The van der Waals surface area contributed by atoms with Crippen LogP contribution in [0.3, 0.4) is 0 Å². The molecule has 8 nitrogen and oxygen atoms in total. The molecular weight excluding hydrogens is 418 g/mol. The fourth-order valence-corrected chi connectivity index (χ4v) is 2.49. The molecule has 0 aliphatic rings. The quantitative estimate of drug-likeness (QED) is 0.192. The fraction of sp³-hybridized carbons (Fsp3) is 0.0556. The van der Waals surface area contributed by atoms with Gasteiger partial charge >= 0.3 is 5.97 Å². The minimum absolute atomic E-state index is 0.135. The van der Waals surface area contributed by atoms with E-state index in [1.165, 1.54) is 43.3 Å². The molecule has 2 rings (SSSR count). The SMILES string of the molecule is CC(=O)Oc1ccc(C=C(C#N)C(=O)Nc2ccc([N+](=O)[O-])cc2Br)cc1. The van der Waals surface area contributed by atoms with E-state index in [1.807, 2.05) is 0 Å². The topological polar surface area (TPSA) is 122 Å². The maximum Gasteiger partial charge on any atom is 0.308 e. The molecule has 27 heavy (non-hydrogen) atoms. The minimum Gasteiger partial charge on any atom is -0.427 e. The first kappa shape index (κ1) is 19.8. The normalized spacial score (nSPS) is 10.6. The summed E-state index contributed by atoms with van der Waals surface area (Å²) in [6.45, 7) is 1.28. The molecule has 2 aromatic rings. The summed E-state index contributed by atoms with van der Waals surface area (Å²) < 4.78 is 5.22. The van der Waals surface area contributed by atoms with E-state index >= 15 is 0 Å². The number of nitro benzene ring substituents is 1. The van der Waals surface area contributed by atoms with Gasteiger partial charge in [0, 0.05) is 23.5 Å². The largest absolute Gasteiger partial charge is 0.427 e. The molecule has 0 fully saturated rings. The summed E-state index contributed by atoms with van der Waals surface area (Å²) in [7, 11) is 0. The van der Waals surface area contributed by atoms with Crippen LogP contribution < -0.4 is 10.1 Å². The summed E-state index contributed by atoms with van der Waals surface area (Å²) in [4.78, 5) is 33.4. The molecule has 0 saturated heterocycles. The van der Waals surface area contributed by atoms with Crippen molar-refractivity contribution in [3.8, 4) is 11.8 Å². The average molecular weight is 430 g/mol. The Labute approximate surface area is 162 Å². The van der Waals surface area contributed by atoms with Crippen LogP contribution in [0, 0.1) is 21.4 Å². The lowest BCUT2D eigenvalue weighted by Gasteiger charge is -2.07. The zero-order valence-electron chi connectivity index (χ0n) is 13.9. The molecule has 0 saturated carbocycles. The summed E-state index contributed by atoms with van der Waals surface area (Å²) in [5.41, 5.74) is 0.543. The van der Waals surface area contributed by atoms with Gasteiger partial charge in [-0.15, -0.1) is 0 Å². The van der Waals surface area contributed by atoms with Gasteiger partial charge in [-0.2, -0.15) is 5.26 Å². The van der Waals surface area contributed by atoms with Crippen LogP contribution in [0.1, 0.15) is 12.5 Å². The second kappa shape index (κ2) is 8.73. The molecule has 1 amide bonds. The number of hydrogen-bond acceptors (Lipinski definition) is 6. The molecule has 136 valence electrons. The Bertz CT molecular complexity index is 977. The van der Waals surface area contributed by atoms with Crippen molar-refractivity contribution in [2.24, 2.45) is 0 Å². The predicted octanol–water partition coefficient (Wildman–Crippen LogP) is 3.83. The van der Waals surface area contributed by atoms with Gasteiger partial charge in [0.15, 0.2) is 0 Å². The predicted molar refractivity (Wildman–Crippen MR) is 101 cm³/mol. The van der Waals surface area contributed by atoms with E-state index in [4.69, 9.17) is 4.74 Å². The van der Waals surface area contributed by atoms with Gasteiger partial charge in [-0.25, -0.2) is 0 Å². The van der Waals surface area contributed by atoms with Gasteiger partial charge in [0.1, 0.15) is 17.4 Å². The number of halogens is 1. The number of nitro groups is 1. The number of carbonyl (C=O) groups excluding carboxylic acids is 2. The Morgan fingerprint density at radius 1 is 1.26 bits per heavy atom. The standard InChI is InChI=1S/C18H12BrN3O5/c1-11(23)27-15-5-2-12(3-6-15)8-13(10-20)18(24)21-17-7-4-14(22(25)26)9-16(17)19/h2-9H,1H3,(H,21,24). The molecule has 0 heterocycles. The van der Waals surface area contributed by atoms with Crippen molar-refractivity contribution in [2.75, 3.05) is 5.32 Å². The van der Waals surface area contributed by atoms with Crippen molar-refractivity contribution >= 4 is 45.3 Å². The van der Waals surface area contributed by atoms with Crippen molar-refractivity contribution < 1.29 is 19.2 Å². The zero-order valence-corrected chi connectivity index (χ0v) is 15.5. The molecule has 0 atom stereocenters. The minimum atomic E-state index is -0.670. The van der Waals surface area contributed by atoms with Crippen LogP contribution in [0.2, 0.25) is 0 Å². The Morgan fingerprint density at radius 2 is 1.93 bits per heavy atom. The Morgan fingerprint density at radius 3 is 2.44 bits per heavy atom. The zero-order chi connectivity index (χ0) is 20.0. The van der Waals surface area contributed by atoms with E-state index in [0.29, 0.717) is 15.8 Å². The lowest BCUT2D eigenvalue weighted by atomic mass is 10.1. The van der Waals surface area contributed by atoms with Gasteiger partial charge in [0.25, 0.3) is 11.6 Å². The van der Waals surface area contributed by atoms with Gasteiger partial charge in [-0.05, 0) is 45.8 Å². The van der Waals surface area contributed by atoms with Crippen molar-refractivity contribution in [2.45, 2.75) is 6.92 Å². The van der Waals surface area contributed by atoms with Crippen LogP contribution in [0.4, 0.5) is 11.4 Å². The second-order valence-electron chi connectivity index (χ2n) is 5.21. The number of esters is 1. The molecule has 0 aliphatic carbocycles. The second-order valence-corrected chi connectivity index (χ2v) is 6.06. The van der Waals surface area contributed by atoms with Gasteiger partial charge in [0.05, 0.1) is 10.6 Å². The number of nitriles is 1. The first-order chi connectivity index (χ1) is 12.8. The molecule has 1 N–H and O–H groups in total. The first-order valence-electron chi connectivity index (χ1n) is 7.45. The highest BCUT2D eigenvalue weighted by atomic mass is 79.9. The van der Waals surface area contributed by atoms with Crippen LogP contribution in [0.25, 0.3) is 6.08 Å². The summed E-state index contributed by atoms with van der Waals surface area (Å²) in [5, 5.41) is 22.5. The molecular formula is C18H12BrN3O5. The maximum absolute atomic E-state index is 12.3. The van der Waals surface area contributed by atoms with Crippen molar-refractivity contribution in [1.82, 2.24) is 0 Å². The van der Waals surface area contributed by atoms with Crippen LogP contribution in [0.5, 0.6) is 5.75 Å². The molecule has 0 aliphatic heterocycles. The molecule has 0 radical (unpaired) electrons. The van der Waals surface area contributed by atoms with E-state index in [2.05, 4.69) is 21.2 Å². The summed E-state index contributed by atoms with van der Waals surface area (Å²) in [6.07, 6.45) is 1.37. The average Bonchev–Trinajstić information content (AvgIpc) is 2.62. The Balaban J connectivity index is 2.18. The number of rotatable bonds is 5. The molecule has 2 aromatic carbocycles. The number of nitrogens with zero attached hydrogens (tertiary/aromatic N) is 2. The highest BCUT2D eigenvalue weighted by molar-refractivity contribution is 9.10. The van der Waals surface area contributed by atoms with E-state index in [1.54, 1.807) is 18.2 Å². The summed E-state index contributed by atoms with van der Waals surface area (Å²) >= 11 is 3.15. The molecule has 9 heteroatoms. The van der Waals surface area contributed by atoms with Crippen LogP contribution in [-0.2, 0) is 9.59 Å². The number of anilines is 1. The smallest absolute Gasteiger partial charge is 0.308 e. The van der Waals surface area contributed by atoms with E-state index in [-0.39, 0.29) is 16.9 Å². The van der Waals surface area contributed by atoms with Crippen LogP contribution in [-0.4, -0.2) is 16.8 Å². The maximum atomic E-state index is 12.3. The molecule has 0 unspecified atom stereocenters. The third kappa shape index (κ3) is 5.49. The fourth-order valence-electron chi connectivity index (χ4n) is 2.02. The number of hydrogen-bond donors (Lipinski definition) is 1. The third-order valence-corrected chi connectivity index (χ3v) is 3.89. The molecule has 0 bridgehead atoms. The number of amides is 1. The number of nitrogens with one attached hydrogen (secondary N) is 1. The van der Waals surface area contributed by atoms with Crippen molar-refractivity contribution in [3.63, 3.8) is 0 Å². The van der Waals surface area contributed by atoms with Gasteiger partial charge < -0.3 is 10.1 Å². The summed E-state index contributed by atoms with van der Waals surface area (Å²) in [5.74, 6) is -0.780. The van der Waals surface area contributed by atoms with Crippen LogP contribution in [0.15, 0.2) is 52.5 Å². The third-order valence-electron chi connectivity index (χ3n) is 3.23. The van der Waals surface area contributed by atoms with E-state index in [0.717, 1.165) is 0 Å². The lowest BCUT2D eigenvalue weighted by Crippen LogP contribution is -2.13.